The van der Waals surface area contributed by atoms with Crippen LogP contribution in [0.5, 0.6) is 0 Å². The molecule has 1 aliphatic heterocycles. The molecule has 0 aromatic heterocycles. The van der Waals surface area contributed by atoms with Gasteiger partial charge in [0.1, 0.15) is 5.69 Å². The van der Waals surface area contributed by atoms with Gasteiger partial charge in [-0.3, -0.25) is 19.7 Å². The fourth-order valence-electron chi connectivity index (χ4n) is 3.43. The van der Waals surface area contributed by atoms with Crippen molar-refractivity contribution in [3.8, 4) is 0 Å². The minimum absolute atomic E-state index is 0.00983. The first-order valence-electron chi connectivity index (χ1n) is 10.4. The third-order valence-electron chi connectivity index (χ3n) is 4.93. The number of carbonyl (C=O) groups excluding carboxylic acids is 3. The van der Waals surface area contributed by atoms with E-state index in [1.54, 1.807) is 13.0 Å². The molecule has 31 heavy (non-hydrogen) atoms. The minimum Gasteiger partial charge on any atom is -0.466 e. The Morgan fingerprint density at radius 3 is 2.74 bits per heavy atom. The summed E-state index contributed by atoms with van der Waals surface area (Å²) in [5, 5.41) is 14.1. The van der Waals surface area contributed by atoms with Crippen molar-refractivity contribution in [1.29, 1.82) is 0 Å². The molecule has 170 valence electrons. The molecular weight excluding hydrogens is 406 g/mol. The van der Waals surface area contributed by atoms with Crippen molar-refractivity contribution in [2.45, 2.75) is 39.5 Å². The number of hydrogen-bond acceptors (Lipinski definition) is 8. The predicted molar refractivity (Wildman–Crippen MR) is 113 cm³/mol. The highest BCUT2D eigenvalue weighted by Gasteiger charge is 2.25. The third kappa shape index (κ3) is 7.54. The molecular formula is C21H29N3O7. The topological polar surface area (TPSA) is 128 Å². The van der Waals surface area contributed by atoms with Crippen molar-refractivity contribution >= 4 is 29.2 Å². The van der Waals surface area contributed by atoms with Crippen LogP contribution < -0.4 is 10.2 Å². The normalized spacial score (nSPS) is 15.8. The number of amides is 1. The maximum atomic E-state index is 12.3. The highest BCUT2D eigenvalue weighted by Crippen LogP contribution is 2.32. The predicted octanol–water partition coefficient (Wildman–Crippen LogP) is 2.45. The van der Waals surface area contributed by atoms with E-state index in [2.05, 4.69) is 12.2 Å². The molecule has 0 spiro atoms. The van der Waals surface area contributed by atoms with Crippen LogP contribution in [-0.4, -0.2) is 55.6 Å². The molecule has 1 amide bonds. The Morgan fingerprint density at radius 1 is 1.29 bits per heavy atom. The minimum atomic E-state index is -0.816. The number of benzene rings is 1. The fourth-order valence-corrected chi connectivity index (χ4v) is 3.43. The second-order valence-corrected chi connectivity index (χ2v) is 7.49. The number of nitrogens with one attached hydrogen (secondary N) is 1. The van der Waals surface area contributed by atoms with Crippen molar-refractivity contribution in [2.24, 2.45) is 5.92 Å². The number of nitro benzene ring substituents is 1. The Kier molecular flexibility index (Phi) is 9.23. The molecule has 1 atom stereocenters. The van der Waals surface area contributed by atoms with E-state index in [9.17, 15) is 24.5 Å². The van der Waals surface area contributed by atoms with E-state index in [4.69, 9.17) is 9.47 Å². The molecule has 0 bridgehead atoms. The summed E-state index contributed by atoms with van der Waals surface area (Å²) in [7, 11) is 0. The van der Waals surface area contributed by atoms with Crippen LogP contribution in [-0.2, 0) is 19.1 Å². The van der Waals surface area contributed by atoms with E-state index in [1.165, 1.54) is 12.1 Å². The number of rotatable bonds is 10. The molecule has 1 aromatic rings. The standard InChI is InChI=1S/C21H29N3O7/c1-3-30-20(26)7-4-10-22-19(25)14-31-21(27)16-8-9-17(18(12-16)24(28)29)23-11-5-6-15(2)13-23/h8-9,12,15H,3-7,10-11,13-14H2,1-2H3,(H,22,25). The van der Waals surface area contributed by atoms with Crippen molar-refractivity contribution in [3.63, 3.8) is 0 Å². The van der Waals surface area contributed by atoms with Gasteiger partial charge in [-0.2, -0.15) is 0 Å². The number of anilines is 1. The number of nitrogens with zero attached hydrogens (tertiary/aromatic N) is 2. The lowest BCUT2D eigenvalue weighted by atomic mass is 9.99. The van der Waals surface area contributed by atoms with Crippen LogP contribution in [0.3, 0.4) is 0 Å². The average molecular weight is 435 g/mol. The Hall–Kier alpha value is -3.17. The highest BCUT2D eigenvalue weighted by atomic mass is 16.6. The van der Waals surface area contributed by atoms with E-state index in [0.29, 0.717) is 24.6 Å². The van der Waals surface area contributed by atoms with Gasteiger partial charge < -0.3 is 19.7 Å². The summed E-state index contributed by atoms with van der Waals surface area (Å²) in [5.41, 5.74) is 0.329. The molecule has 1 aromatic carbocycles. The SMILES string of the molecule is CCOC(=O)CCCNC(=O)COC(=O)c1ccc(N2CCCC(C)C2)c([N+](=O)[O-])c1. The molecule has 0 aliphatic carbocycles. The Morgan fingerprint density at radius 2 is 2.06 bits per heavy atom. The van der Waals surface area contributed by atoms with Crippen LogP contribution in [0.25, 0.3) is 0 Å². The van der Waals surface area contributed by atoms with Crippen molar-refractivity contribution in [2.75, 3.05) is 37.7 Å². The lowest BCUT2D eigenvalue weighted by Crippen LogP contribution is -2.34. The Labute approximate surface area is 181 Å². The number of hydrogen-bond donors (Lipinski definition) is 1. The van der Waals surface area contributed by atoms with Gasteiger partial charge in [0.2, 0.25) is 0 Å². The van der Waals surface area contributed by atoms with Crippen LogP contribution >= 0.6 is 0 Å². The van der Waals surface area contributed by atoms with Gasteiger partial charge in [-0.1, -0.05) is 6.92 Å². The van der Waals surface area contributed by atoms with Gasteiger partial charge in [-0.25, -0.2) is 4.79 Å². The third-order valence-corrected chi connectivity index (χ3v) is 4.93. The number of esters is 2. The lowest BCUT2D eigenvalue weighted by molar-refractivity contribution is -0.384. The maximum Gasteiger partial charge on any atom is 0.338 e. The van der Waals surface area contributed by atoms with E-state index < -0.39 is 23.4 Å². The lowest BCUT2D eigenvalue weighted by Gasteiger charge is -2.32. The average Bonchev–Trinajstić information content (AvgIpc) is 2.74. The van der Waals surface area contributed by atoms with Gasteiger partial charge in [-0.15, -0.1) is 0 Å². The second kappa shape index (κ2) is 11.9. The van der Waals surface area contributed by atoms with Crippen LogP contribution in [0, 0.1) is 16.0 Å². The quantitative estimate of drug-likeness (QED) is 0.257. The number of piperidine rings is 1. The molecule has 0 saturated carbocycles. The summed E-state index contributed by atoms with van der Waals surface area (Å²) in [5.74, 6) is -1.24. The molecule has 1 N–H and O–H groups in total. The second-order valence-electron chi connectivity index (χ2n) is 7.49. The summed E-state index contributed by atoms with van der Waals surface area (Å²) in [6, 6.07) is 4.22. The summed E-state index contributed by atoms with van der Waals surface area (Å²) in [4.78, 5) is 48.3. The van der Waals surface area contributed by atoms with Gasteiger partial charge in [0, 0.05) is 32.1 Å². The smallest absolute Gasteiger partial charge is 0.338 e. The number of nitro groups is 1. The first-order valence-corrected chi connectivity index (χ1v) is 10.4. The zero-order valence-corrected chi connectivity index (χ0v) is 17.9. The molecule has 0 radical (unpaired) electrons. The largest absolute Gasteiger partial charge is 0.466 e. The molecule has 1 unspecified atom stereocenters. The summed E-state index contributed by atoms with van der Waals surface area (Å²) >= 11 is 0. The van der Waals surface area contributed by atoms with E-state index >= 15 is 0 Å². The molecule has 1 heterocycles. The van der Waals surface area contributed by atoms with Crippen LogP contribution in [0.1, 0.15) is 49.9 Å². The van der Waals surface area contributed by atoms with Crippen molar-refractivity contribution in [1.82, 2.24) is 5.32 Å². The van der Waals surface area contributed by atoms with Gasteiger partial charge in [0.15, 0.2) is 6.61 Å². The van der Waals surface area contributed by atoms with Crippen molar-refractivity contribution < 1.29 is 28.8 Å². The molecule has 1 fully saturated rings. The molecule has 2 rings (SSSR count). The highest BCUT2D eigenvalue weighted by molar-refractivity contribution is 5.93. The van der Waals surface area contributed by atoms with E-state index in [0.717, 1.165) is 25.9 Å². The summed E-state index contributed by atoms with van der Waals surface area (Å²) in [6.07, 6.45) is 2.62. The van der Waals surface area contributed by atoms with Gasteiger partial charge in [-0.05, 0) is 44.2 Å². The van der Waals surface area contributed by atoms with Crippen LogP contribution in [0.2, 0.25) is 0 Å². The maximum absolute atomic E-state index is 12.3. The monoisotopic (exact) mass is 435 g/mol. The van der Waals surface area contributed by atoms with Gasteiger partial charge in [0.25, 0.3) is 11.6 Å². The Bertz CT molecular complexity index is 812. The number of ether oxygens (including phenoxy) is 2. The molecule has 1 saturated heterocycles. The van der Waals surface area contributed by atoms with E-state index in [1.807, 2.05) is 4.90 Å². The Balaban J connectivity index is 1.88. The molecule has 1 aliphatic rings. The van der Waals surface area contributed by atoms with Gasteiger partial charge in [0.05, 0.1) is 17.1 Å². The van der Waals surface area contributed by atoms with Crippen molar-refractivity contribution in [3.05, 3.63) is 33.9 Å². The first-order chi connectivity index (χ1) is 14.8. The van der Waals surface area contributed by atoms with E-state index in [-0.39, 0.29) is 30.2 Å². The zero-order chi connectivity index (χ0) is 22.8. The fraction of sp³-hybridized carbons (Fsp3) is 0.571. The first kappa shape index (κ1) is 24.1. The molecule has 10 nitrogen and oxygen atoms in total. The molecule has 10 heteroatoms. The summed E-state index contributed by atoms with van der Waals surface area (Å²) in [6.45, 7) is 5.29. The van der Waals surface area contributed by atoms with Gasteiger partial charge >= 0.3 is 11.9 Å². The van der Waals surface area contributed by atoms with Crippen LogP contribution in [0.4, 0.5) is 11.4 Å². The van der Waals surface area contributed by atoms with Crippen LogP contribution in [0.15, 0.2) is 18.2 Å². The zero-order valence-electron chi connectivity index (χ0n) is 17.9. The summed E-state index contributed by atoms with van der Waals surface area (Å²) < 4.78 is 9.75. The number of carbonyl (C=O) groups is 3.